The zero-order valence-electron chi connectivity index (χ0n) is 15.6. The van der Waals surface area contributed by atoms with Crippen molar-refractivity contribution in [3.63, 3.8) is 0 Å². The number of phenols is 1. The van der Waals surface area contributed by atoms with Crippen LogP contribution in [-0.2, 0) is 0 Å². The summed E-state index contributed by atoms with van der Waals surface area (Å²) >= 11 is 6.85. The van der Waals surface area contributed by atoms with Gasteiger partial charge in [0.15, 0.2) is 0 Å². The SMILES string of the molecule is Oc1ccc(Br)cc1/C=N\Nc1nc(-c2ccccc2)cc(-c2ccc(Br)cc2)n1. The summed E-state index contributed by atoms with van der Waals surface area (Å²) in [4.78, 5) is 9.21. The van der Waals surface area contributed by atoms with Crippen LogP contribution in [0.3, 0.4) is 0 Å². The molecule has 0 radical (unpaired) electrons. The Morgan fingerprint density at radius 3 is 2.10 bits per heavy atom. The number of phenolic OH excluding ortho intramolecular Hbond substituents is 1. The third kappa shape index (κ3) is 4.93. The predicted molar refractivity (Wildman–Crippen MR) is 128 cm³/mol. The number of rotatable bonds is 5. The molecule has 5 nitrogen and oxygen atoms in total. The van der Waals surface area contributed by atoms with E-state index in [0.717, 1.165) is 31.5 Å². The van der Waals surface area contributed by atoms with Crippen molar-refractivity contribution in [2.75, 3.05) is 5.43 Å². The van der Waals surface area contributed by atoms with E-state index in [1.54, 1.807) is 18.2 Å². The molecule has 1 aromatic heterocycles. The van der Waals surface area contributed by atoms with Gasteiger partial charge in [0.1, 0.15) is 5.75 Å². The second-order valence-corrected chi connectivity index (χ2v) is 8.24. The highest BCUT2D eigenvalue weighted by molar-refractivity contribution is 9.10. The maximum atomic E-state index is 9.97. The molecule has 1 heterocycles. The molecule has 0 aliphatic heterocycles. The number of hydrazone groups is 1. The molecule has 2 N–H and O–H groups in total. The van der Waals surface area contributed by atoms with E-state index in [1.165, 1.54) is 6.21 Å². The molecule has 0 spiro atoms. The Morgan fingerprint density at radius 1 is 0.767 bits per heavy atom. The first-order valence-corrected chi connectivity index (χ1v) is 10.6. The van der Waals surface area contributed by atoms with Gasteiger partial charge in [-0.2, -0.15) is 5.10 Å². The van der Waals surface area contributed by atoms with E-state index < -0.39 is 0 Å². The highest BCUT2D eigenvalue weighted by Crippen LogP contribution is 2.26. The Balaban J connectivity index is 1.69. The number of halogens is 2. The van der Waals surface area contributed by atoms with E-state index in [0.29, 0.717) is 11.5 Å². The molecule has 4 rings (SSSR count). The highest BCUT2D eigenvalue weighted by Gasteiger charge is 2.08. The quantitative estimate of drug-likeness (QED) is 0.232. The van der Waals surface area contributed by atoms with Crippen LogP contribution in [0.5, 0.6) is 5.75 Å². The van der Waals surface area contributed by atoms with Gasteiger partial charge in [0.05, 0.1) is 17.6 Å². The first-order valence-electron chi connectivity index (χ1n) is 9.06. The van der Waals surface area contributed by atoms with Crippen molar-refractivity contribution in [2.24, 2.45) is 5.10 Å². The Labute approximate surface area is 190 Å². The summed E-state index contributed by atoms with van der Waals surface area (Å²) in [6.45, 7) is 0. The van der Waals surface area contributed by atoms with E-state index in [9.17, 15) is 5.11 Å². The van der Waals surface area contributed by atoms with Gasteiger partial charge in [0, 0.05) is 25.6 Å². The molecular formula is C23H16Br2N4O. The third-order valence-corrected chi connectivity index (χ3v) is 5.32. The van der Waals surface area contributed by atoms with E-state index in [1.807, 2.05) is 60.7 Å². The van der Waals surface area contributed by atoms with Crippen LogP contribution in [0.1, 0.15) is 5.56 Å². The van der Waals surface area contributed by atoms with Crippen molar-refractivity contribution < 1.29 is 5.11 Å². The van der Waals surface area contributed by atoms with Gasteiger partial charge in [-0.25, -0.2) is 15.4 Å². The predicted octanol–water partition coefficient (Wildman–Crippen LogP) is 6.49. The lowest BCUT2D eigenvalue weighted by molar-refractivity contribution is 0.474. The average Bonchev–Trinajstić information content (AvgIpc) is 2.77. The number of hydrogen-bond acceptors (Lipinski definition) is 5. The summed E-state index contributed by atoms with van der Waals surface area (Å²) in [5.74, 6) is 0.498. The van der Waals surface area contributed by atoms with Crippen LogP contribution in [0.2, 0.25) is 0 Å². The van der Waals surface area contributed by atoms with Gasteiger partial charge >= 0.3 is 0 Å². The maximum absolute atomic E-state index is 9.97. The first kappa shape index (κ1) is 20.3. The largest absolute Gasteiger partial charge is 0.507 e. The lowest BCUT2D eigenvalue weighted by atomic mass is 10.1. The fourth-order valence-corrected chi connectivity index (χ4v) is 3.45. The molecule has 0 unspecified atom stereocenters. The molecule has 0 atom stereocenters. The summed E-state index contributed by atoms with van der Waals surface area (Å²) < 4.78 is 1.85. The first-order chi connectivity index (χ1) is 14.6. The topological polar surface area (TPSA) is 70.4 Å². The summed E-state index contributed by atoms with van der Waals surface area (Å²) in [6, 6.07) is 24.9. The van der Waals surface area contributed by atoms with Crippen LogP contribution >= 0.6 is 31.9 Å². The number of benzene rings is 3. The second-order valence-electron chi connectivity index (χ2n) is 6.41. The standard InChI is InChI=1S/C23H16Br2N4O/c24-18-8-6-16(7-9-18)21-13-20(15-4-2-1-3-5-15)27-23(28-21)29-26-14-17-12-19(25)10-11-22(17)30/h1-14,30H,(H,27,28,29)/b26-14-. The van der Waals surface area contributed by atoms with Crippen molar-refractivity contribution in [2.45, 2.75) is 0 Å². The van der Waals surface area contributed by atoms with Gasteiger partial charge in [-0.1, -0.05) is 74.3 Å². The number of nitrogens with zero attached hydrogens (tertiary/aromatic N) is 3. The summed E-state index contributed by atoms with van der Waals surface area (Å²) in [6.07, 6.45) is 1.53. The molecule has 0 fully saturated rings. The molecule has 0 bridgehead atoms. The molecule has 0 saturated heterocycles. The van der Waals surface area contributed by atoms with Crippen LogP contribution in [-0.4, -0.2) is 21.3 Å². The molecule has 0 aliphatic rings. The van der Waals surface area contributed by atoms with Crippen molar-refractivity contribution in [3.05, 3.63) is 93.4 Å². The smallest absolute Gasteiger partial charge is 0.244 e. The van der Waals surface area contributed by atoms with Crippen molar-refractivity contribution in [1.29, 1.82) is 0 Å². The van der Waals surface area contributed by atoms with Gasteiger partial charge in [-0.05, 0) is 36.4 Å². The van der Waals surface area contributed by atoms with Gasteiger partial charge in [-0.3, -0.25) is 0 Å². The number of aromatic hydroxyl groups is 1. The molecule has 4 aromatic rings. The molecule has 0 saturated carbocycles. The normalized spacial score (nSPS) is 11.0. The Morgan fingerprint density at radius 2 is 1.40 bits per heavy atom. The number of aromatic nitrogens is 2. The molecule has 148 valence electrons. The summed E-state index contributed by atoms with van der Waals surface area (Å²) in [5, 5.41) is 14.2. The maximum Gasteiger partial charge on any atom is 0.244 e. The molecule has 30 heavy (non-hydrogen) atoms. The van der Waals surface area contributed by atoms with Crippen LogP contribution in [0.25, 0.3) is 22.5 Å². The fourth-order valence-electron chi connectivity index (χ4n) is 2.81. The van der Waals surface area contributed by atoms with Crippen LogP contribution in [0, 0.1) is 0 Å². The van der Waals surface area contributed by atoms with Gasteiger partial charge in [0.2, 0.25) is 5.95 Å². The number of anilines is 1. The second kappa shape index (κ2) is 9.19. The molecule has 0 aliphatic carbocycles. The van der Waals surface area contributed by atoms with Gasteiger partial charge in [-0.15, -0.1) is 0 Å². The summed E-state index contributed by atoms with van der Waals surface area (Å²) in [5.41, 5.74) is 6.97. The number of nitrogens with one attached hydrogen (secondary N) is 1. The minimum atomic E-state index is 0.137. The van der Waals surface area contributed by atoms with Crippen molar-refractivity contribution in [1.82, 2.24) is 9.97 Å². The molecule has 0 amide bonds. The van der Waals surface area contributed by atoms with Gasteiger partial charge < -0.3 is 5.11 Å². The van der Waals surface area contributed by atoms with Crippen LogP contribution in [0.15, 0.2) is 92.9 Å². The zero-order valence-corrected chi connectivity index (χ0v) is 18.8. The monoisotopic (exact) mass is 522 g/mol. The van der Waals surface area contributed by atoms with Gasteiger partial charge in [0.25, 0.3) is 0 Å². The zero-order chi connectivity index (χ0) is 20.9. The minimum Gasteiger partial charge on any atom is -0.507 e. The van der Waals surface area contributed by atoms with E-state index in [2.05, 4.69) is 52.4 Å². The number of hydrogen-bond donors (Lipinski definition) is 2. The van der Waals surface area contributed by atoms with Crippen molar-refractivity contribution in [3.8, 4) is 28.3 Å². The van der Waals surface area contributed by atoms with E-state index >= 15 is 0 Å². The Hall–Kier alpha value is -3.03. The Bertz CT molecular complexity index is 1200. The summed E-state index contributed by atoms with van der Waals surface area (Å²) in [7, 11) is 0. The van der Waals surface area contributed by atoms with E-state index in [-0.39, 0.29) is 5.75 Å². The molecular weight excluding hydrogens is 508 g/mol. The average molecular weight is 524 g/mol. The lowest BCUT2D eigenvalue weighted by Gasteiger charge is -2.08. The van der Waals surface area contributed by atoms with Crippen molar-refractivity contribution >= 4 is 44.0 Å². The lowest BCUT2D eigenvalue weighted by Crippen LogP contribution is -2.00. The third-order valence-electron chi connectivity index (χ3n) is 4.29. The van der Waals surface area contributed by atoms with Crippen LogP contribution in [0.4, 0.5) is 5.95 Å². The molecule has 3 aromatic carbocycles. The minimum absolute atomic E-state index is 0.137. The van der Waals surface area contributed by atoms with E-state index in [4.69, 9.17) is 0 Å². The highest BCUT2D eigenvalue weighted by atomic mass is 79.9. The Kier molecular flexibility index (Phi) is 6.21. The van der Waals surface area contributed by atoms with Crippen LogP contribution < -0.4 is 5.43 Å². The molecule has 7 heteroatoms. The fraction of sp³-hybridized carbons (Fsp3) is 0.